The molecule has 0 fully saturated rings. The molecule has 0 aliphatic heterocycles. The SMILES string of the molecule is CCC(O)CCn1c(C(C)O)nc2cc(N)ccc21. The summed E-state index contributed by atoms with van der Waals surface area (Å²) in [5, 5.41) is 19.5. The van der Waals surface area contributed by atoms with Gasteiger partial charge in [-0.15, -0.1) is 0 Å². The third-order valence-corrected chi connectivity index (χ3v) is 3.33. The number of hydrogen-bond acceptors (Lipinski definition) is 4. The van der Waals surface area contributed by atoms with E-state index in [2.05, 4.69) is 4.98 Å². The second kappa shape index (κ2) is 5.59. The van der Waals surface area contributed by atoms with Gasteiger partial charge in [-0.25, -0.2) is 4.98 Å². The first-order valence-corrected chi connectivity index (χ1v) is 6.64. The van der Waals surface area contributed by atoms with Crippen LogP contribution in [0.1, 0.15) is 38.6 Å². The van der Waals surface area contributed by atoms with Gasteiger partial charge in [0.2, 0.25) is 0 Å². The molecule has 1 heterocycles. The van der Waals surface area contributed by atoms with E-state index in [1.165, 1.54) is 0 Å². The van der Waals surface area contributed by atoms with Gasteiger partial charge in [-0.05, 0) is 38.0 Å². The van der Waals surface area contributed by atoms with Gasteiger partial charge in [-0.1, -0.05) is 6.92 Å². The number of nitrogen functional groups attached to an aromatic ring is 1. The maximum Gasteiger partial charge on any atom is 0.138 e. The van der Waals surface area contributed by atoms with Gasteiger partial charge in [-0.3, -0.25) is 0 Å². The highest BCUT2D eigenvalue weighted by atomic mass is 16.3. The molecule has 4 N–H and O–H groups in total. The summed E-state index contributed by atoms with van der Waals surface area (Å²) in [5.41, 5.74) is 8.12. The molecule has 2 unspecified atom stereocenters. The van der Waals surface area contributed by atoms with Crippen LogP contribution in [0.15, 0.2) is 18.2 Å². The summed E-state index contributed by atoms with van der Waals surface area (Å²) >= 11 is 0. The summed E-state index contributed by atoms with van der Waals surface area (Å²) in [6.45, 7) is 4.28. The Bertz CT molecular complexity index is 563. The van der Waals surface area contributed by atoms with Gasteiger partial charge in [0.15, 0.2) is 0 Å². The summed E-state index contributed by atoms with van der Waals surface area (Å²) in [4.78, 5) is 4.43. The Morgan fingerprint density at radius 2 is 2.11 bits per heavy atom. The van der Waals surface area contributed by atoms with Crippen molar-refractivity contribution in [1.82, 2.24) is 9.55 Å². The van der Waals surface area contributed by atoms with Gasteiger partial charge >= 0.3 is 0 Å². The lowest BCUT2D eigenvalue weighted by Gasteiger charge is -2.13. The monoisotopic (exact) mass is 263 g/mol. The molecule has 1 aromatic heterocycles. The molecule has 104 valence electrons. The first-order chi connectivity index (χ1) is 9.02. The van der Waals surface area contributed by atoms with Crippen LogP contribution in [0, 0.1) is 0 Å². The number of anilines is 1. The minimum atomic E-state index is -0.646. The highest BCUT2D eigenvalue weighted by Gasteiger charge is 2.15. The second-order valence-corrected chi connectivity index (χ2v) is 4.90. The van der Waals surface area contributed by atoms with Gasteiger partial charge < -0.3 is 20.5 Å². The van der Waals surface area contributed by atoms with Gasteiger partial charge in [-0.2, -0.15) is 0 Å². The number of aliphatic hydroxyl groups is 2. The normalized spacial score (nSPS) is 14.7. The summed E-state index contributed by atoms with van der Waals surface area (Å²) in [7, 11) is 0. The number of aryl methyl sites for hydroxylation is 1. The highest BCUT2D eigenvalue weighted by Crippen LogP contribution is 2.23. The zero-order valence-corrected chi connectivity index (χ0v) is 11.4. The molecule has 2 atom stereocenters. The van der Waals surface area contributed by atoms with Crippen molar-refractivity contribution in [2.24, 2.45) is 0 Å². The molecule has 2 aromatic rings. The number of hydrogen-bond donors (Lipinski definition) is 3. The van der Waals surface area contributed by atoms with Crippen LogP contribution < -0.4 is 5.73 Å². The minimum absolute atomic E-state index is 0.326. The molecule has 0 radical (unpaired) electrons. The highest BCUT2D eigenvalue weighted by molar-refractivity contribution is 5.79. The van der Waals surface area contributed by atoms with Crippen LogP contribution in [0.4, 0.5) is 5.69 Å². The van der Waals surface area contributed by atoms with E-state index >= 15 is 0 Å². The lowest BCUT2D eigenvalue weighted by Crippen LogP contribution is -2.13. The van der Waals surface area contributed by atoms with Crippen LogP contribution in [-0.4, -0.2) is 25.9 Å². The Morgan fingerprint density at radius 3 is 2.74 bits per heavy atom. The first kappa shape index (κ1) is 13.8. The lowest BCUT2D eigenvalue weighted by molar-refractivity contribution is 0.149. The minimum Gasteiger partial charge on any atom is -0.399 e. The van der Waals surface area contributed by atoms with Crippen LogP contribution in [0.25, 0.3) is 11.0 Å². The number of nitrogens with two attached hydrogens (primary N) is 1. The molecule has 0 amide bonds. The van der Waals surface area contributed by atoms with Crippen molar-refractivity contribution in [1.29, 1.82) is 0 Å². The predicted octanol–water partition coefficient (Wildman–Crippen LogP) is 1.83. The third kappa shape index (κ3) is 2.88. The van der Waals surface area contributed by atoms with Crippen LogP contribution >= 0.6 is 0 Å². The van der Waals surface area contributed by atoms with Crippen molar-refractivity contribution in [2.75, 3.05) is 5.73 Å². The summed E-state index contributed by atoms with van der Waals surface area (Å²) in [6.07, 6.45) is 0.399. The van der Waals surface area contributed by atoms with Crippen molar-refractivity contribution in [3.63, 3.8) is 0 Å². The van der Waals surface area contributed by atoms with Crippen LogP contribution in [0.3, 0.4) is 0 Å². The van der Waals surface area contributed by atoms with E-state index in [1.807, 2.05) is 23.6 Å². The fourth-order valence-corrected chi connectivity index (χ4v) is 2.20. The van der Waals surface area contributed by atoms with E-state index in [1.54, 1.807) is 13.0 Å². The van der Waals surface area contributed by atoms with E-state index in [0.717, 1.165) is 17.5 Å². The zero-order chi connectivity index (χ0) is 14.0. The fourth-order valence-electron chi connectivity index (χ4n) is 2.20. The van der Waals surface area contributed by atoms with Crippen molar-refractivity contribution in [3.05, 3.63) is 24.0 Å². The molecule has 0 bridgehead atoms. The van der Waals surface area contributed by atoms with Crippen LogP contribution in [0.5, 0.6) is 0 Å². The average molecular weight is 263 g/mol. The number of benzene rings is 1. The Morgan fingerprint density at radius 1 is 1.37 bits per heavy atom. The standard InChI is InChI=1S/C14H21N3O2/c1-3-11(19)6-7-17-13-5-4-10(15)8-12(13)16-14(17)9(2)18/h4-5,8-9,11,18-19H,3,6-7,15H2,1-2H3. The Hall–Kier alpha value is -1.59. The molecule has 1 aromatic carbocycles. The molecule has 0 spiro atoms. The molecule has 0 aliphatic rings. The van der Waals surface area contributed by atoms with E-state index in [0.29, 0.717) is 24.5 Å². The molecule has 0 aliphatic carbocycles. The van der Waals surface area contributed by atoms with Gasteiger partial charge in [0, 0.05) is 12.2 Å². The Labute approximate surface area is 112 Å². The summed E-state index contributed by atoms with van der Waals surface area (Å²) in [6, 6.07) is 5.53. The largest absolute Gasteiger partial charge is 0.399 e. The number of nitrogens with zero attached hydrogens (tertiary/aromatic N) is 2. The molecule has 2 rings (SSSR count). The number of rotatable bonds is 5. The van der Waals surface area contributed by atoms with Crippen molar-refractivity contribution in [3.8, 4) is 0 Å². The molecule has 5 nitrogen and oxygen atoms in total. The van der Waals surface area contributed by atoms with Gasteiger partial charge in [0.1, 0.15) is 11.9 Å². The predicted molar refractivity (Wildman–Crippen MR) is 75.7 cm³/mol. The van der Waals surface area contributed by atoms with Crippen molar-refractivity contribution >= 4 is 16.7 Å². The zero-order valence-electron chi connectivity index (χ0n) is 11.4. The van der Waals surface area contributed by atoms with E-state index in [9.17, 15) is 10.2 Å². The summed E-state index contributed by atoms with van der Waals surface area (Å²) < 4.78 is 1.96. The van der Waals surface area contributed by atoms with Crippen molar-refractivity contribution in [2.45, 2.75) is 45.4 Å². The van der Waals surface area contributed by atoms with Gasteiger partial charge in [0.05, 0.1) is 17.1 Å². The van der Waals surface area contributed by atoms with Crippen LogP contribution in [-0.2, 0) is 6.54 Å². The topological polar surface area (TPSA) is 84.3 Å². The van der Waals surface area contributed by atoms with Gasteiger partial charge in [0.25, 0.3) is 0 Å². The van der Waals surface area contributed by atoms with E-state index < -0.39 is 6.10 Å². The lowest BCUT2D eigenvalue weighted by atomic mass is 10.2. The molecular formula is C14H21N3O2. The van der Waals surface area contributed by atoms with Crippen molar-refractivity contribution < 1.29 is 10.2 Å². The smallest absolute Gasteiger partial charge is 0.138 e. The molecule has 5 heteroatoms. The molecule has 0 saturated carbocycles. The average Bonchev–Trinajstić information content (AvgIpc) is 2.73. The number of aromatic nitrogens is 2. The van der Waals surface area contributed by atoms with E-state index in [4.69, 9.17) is 5.73 Å². The number of fused-ring (bicyclic) bond motifs is 1. The van der Waals surface area contributed by atoms with Crippen LogP contribution in [0.2, 0.25) is 0 Å². The maximum absolute atomic E-state index is 9.82. The Balaban J connectivity index is 2.40. The number of aliphatic hydroxyl groups excluding tert-OH is 2. The van der Waals surface area contributed by atoms with E-state index in [-0.39, 0.29) is 6.10 Å². The first-order valence-electron chi connectivity index (χ1n) is 6.64. The molecular weight excluding hydrogens is 242 g/mol. The molecule has 19 heavy (non-hydrogen) atoms. The maximum atomic E-state index is 9.82. The number of imidazole rings is 1. The second-order valence-electron chi connectivity index (χ2n) is 4.90. The fraction of sp³-hybridized carbons (Fsp3) is 0.500. The Kier molecular flexibility index (Phi) is 4.07. The quantitative estimate of drug-likeness (QED) is 0.719. The summed E-state index contributed by atoms with van der Waals surface area (Å²) in [5.74, 6) is 0.615. The molecule has 0 saturated heterocycles. The third-order valence-electron chi connectivity index (χ3n) is 3.33.